The molecule has 1 heterocycles. The van der Waals surface area contributed by atoms with Gasteiger partial charge in [-0.1, -0.05) is 33.1 Å². The normalized spacial score (nSPS) is 13.6. The molecule has 0 saturated heterocycles. The molecular weight excluding hydrogens is 262 g/mol. The molecule has 0 fully saturated rings. The molecule has 5 nitrogen and oxygen atoms in total. The van der Waals surface area contributed by atoms with Crippen molar-refractivity contribution in [2.45, 2.75) is 63.4 Å². The molecule has 1 unspecified atom stereocenters. The lowest BCUT2D eigenvalue weighted by Gasteiger charge is -2.17. The van der Waals surface area contributed by atoms with E-state index in [1.165, 1.54) is 6.20 Å². The Hall–Kier alpha value is -0.850. The molecule has 0 radical (unpaired) electrons. The van der Waals surface area contributed by atoms with Gasteiger partial charge in [0.2, 0.25) is 10.0 Å². The Labute approximate surface area is 116 Å². The fourth-order valence-corrected chi connectivity index (χ4v) is 3.36. The Morgan fingerprint density at radius 2 is 2.05 bits per heavy atom. The largest absolute Gasteiger partial charge is 0.363 e. The summed E-state index contributed by atoms with van der Waals surface area (Å²) in [6, 6.07) is 1.61. The molecule has 1 aromatic rings. The van der Waals surface area contributed by atoms with E-state index >= 15 is 0 Å². The highest BCUT2D eigenvalue weighted by atomic mass is 32.2. The minimum Gasteiger partial charge on any atom is -0.363 e. The van der Waals surface area contributed by atoms with E-state index in [4.69, 9.17) is 5.73 Å². The summed E-state index contributed by atoms with van der Waals surface area (Å²) in [5, 5.41) is 0. The Morgan fingerprint density at radius 3 is 2.58 bits per heavy atom. The van der Waals surface area contributed by atoms with Gasteiger partial charge in [-0.05, 0) is 18.9 Å². The van der Waals surface area contributed by atoms with E-state index in [2.05, 4.69) is 23.6 Å². The Kier molecular flexibility index (Phi) is 6.54. The number of hydrogen-bond donors (Lipinski definition) is 3. The SMILES string of the molecule is CCCCC(CCC)NS(=O)(=O)c1c[nH]c(CN)c1. The molecular formula is C13H25N3O2S. The number of rotatable bonds is 9. The molecule has 4 N–H and O–H groups in total. The zero-order valence-corrected chi connectivity index (χ0v) is 12.6. The van der Waals surface area contributed by atoms with E-state index in [1.807, 2.05) is 0 Å². The first kappa shape index (κ1) is 16.2. The maximum absolute atomic E-state index is 12.2. The fraction of sp³-hybridized carbons (Fsp3) is 0.692. The van der Waals surface area contributed by atoms with E-state index in [9.17, 15) is 8.42 Å². The van der Waals surface area contributed by atoms with Gasteiger partial charge < -0.3 is 10.7 Å². The van der Waals surface area contributed by atoms with Crippen molar-refractivity contribution in [1.82, 2.24) is 9.71 Å². The second-order valence-electron chi connectivity index (χ2n) is 4.81. The van der Waals surface area contributed by atoms with Crippen LogP contribution in [0.25, 0.3) is 0 Å². The van der Waals surface area contributed by atoms with Gasteiger partial charge in [0.15, 0.2) is 0 Å². The predicted molar refractivity (Wildman–Crippen MR) is 77.2 cm³/mol. The van der Waals surface area contributed by atoms with Crippen molar-refractivity contribution in [3.63, 3.8) is 0 Å². The van der Waals surface area contributed by atoms with Crippen molar-refractivity contribution >= 4 is 10.0 Å². The smallest absolute Gasteiger partial charge is 0.242 e. The van der Waals surface area contributed by atoms with Crippen molar-refractivity contribution in [2.75, 3.05) is 0 Å². The average molecular weight is 287 g/mol. The lowest BCUT2D eigenvalue weighted by atomic mass is 10.1. The number of aromatic amines is 1. The van der Waals surface area contributed by atoms with Crippen molar-refractivity contribution < 1.29 is 8.42 Å². The Morgan fingerprint density at radius 1 is 1.32 bits per heavy atom. The molecule has 0 aliphatic rings. The van der Waals surface area contributed by atoms with Crippen LogP contribution in [0.15, 0.2) is 17.2 Å². The van der Waals surface area contributed by atoms with Crippen LogP contribution < -0.4 is 10.5 Å². The van der Waals surface area contributed by atoms with Gasteiger partial charge in [0, 0.05) is 24.5 Å². The fourth-order valence-electron chi connectivity index (χ4n) is 2.04. The van der Waals surface area contributed by atoms with E-state index in [0.29, 0.717) is 6.54 Å². The molecule has 0 aromatic carbocycles. The summed E-state index contributed by atoms with van der Waals surface area (Å²) >= 11 is 0. The van der Waals surface area contributed by atoms with Gasteiger partial charge in [-0.15, -0.1) is 0 Å². The van der Waals surface area contributed by atoms with Crippen molar-refractivity contribution in [1.29, 1.82) is 0 Å². The summed E-state index contributed by atoms with van der Waals surface area (Å²) in [4.78, 5) is 3.13. The molecule has 1 rings (SSSR count). The molecule has 1 aromatic heterocycles. The van der Waals surface area contributed by atoms with Gasteiger partial charge in [-0.2, -0.15) is 0 Å². The second kappa shape index (κ2) is 7.67. The summed E-state index contributed by atoms with van der Waals surface area (Å²) in [6.45, 7) is 4.48. The predicted octanol–water partition coefficient (Wildman–Crippen LogP) is 2.11. The number of H-pyrrole nitrogens is 1. The van der Waals surface area contributed by atoms with Crippen LogP contribution in [-0.2, 0) is 16.6 Å². The second-order valence-corrected chi connectivity index (χ2v) is 6.53. The third-order valence-corrected chi connectivity index (χ3v) is 4.61. The van der Waals surface area contributed by atoms with E-state index < -0.39 is 10.0 Å². The number of nitrogens with one attached hydrogen (secondary N) is 2. The van der Waals surface area contributed by atoms with Crippen LogP contribution in [0.4, 0.5) is 0 Å². The van der Waals surface area contributed by atoms with Gasteiger partial charge in [0.25, 0.3) is 0 Å². The van der Waals surface area contributed by atoms with Crippen LogP contribution >= 0.6 is 0 Å². The third kappa shape index (κ3) is 4.97. The summed E-state index contributed by atoms with van der Waals surface area (Å²) in [5.74, 6) is 0. The van der Waals surface area contributed by atoms with Crippen molar-refractivity contribution in [3.05, 3.63) is 18.0 Å². The van der Waals surface area contributed by atoms with E-state index in [0.717, 1.165) is 37.8 Å². The molecule has 1 atom stereocenters. The monoisotopic (exact) mass is 287 g/mol. The number of sulfonamides is 1. The molecule has 0 bridgehead atoms. The first-order valence-electron chi connectivity index (χ1n) is 6.93. The zero-order chi connectivity index (χ0) is 14.3. The van der Waals surface area contributed by atoms with Crippen molar-refractivity contribution in [3.8, 4) is 0 Å². The molecule has 0 amide bonds. The lowest BCUT2D eigenvalue weighted by Crippen LogP contribution is -2.34. The number of aromatic nitrogens is 1. The van der Waals surface area contributed by atoms with Crippen molar-refractivity contribution in [2.24, 2.45) is 5.73 Å². The van der Waals surface area contributed by atoms with Crippen LogP contribution in [0.3, 0.4) is 0 Å². The Balaban J connectivity index is 2.74. The summed E-state index contributed by atoms with van der Waals surface area (Å²) < 4.78 is 27.3. The average Bonchev–Trinajstić information content (AvgIpc) is 2.85. The Bertz CT molecular complexity index is 468. The molecule has 0 spiro atoms. The minimum atomic E-state index is -3.44. The zero-order valence-electron chi connectivity index (χ0n) is 11.8. The maximum atomic E-state index is 12.2. The van der Waals surface area contributed by atoms with Crippen LogP contribution in [0, 0.1) is 0 Å². The summed E-state index contributed by atoms with van der Waals surface area (Å²) in [5.41, 5.74) is 6.20. The first-order chi connectivity index (χ1) is 9.03. The molecule has 110 valence electrons. The van der Waals surface area contributed by atoms with Gasteiger partial charge in [-0.3, -0.25) is 0 Å². The van der Waals surface area contributed by atoms with Gasteiger partial charge in [-0.25, -0.2) is 13.1 Å². The van der Waals surface area contributed by atoms with E-state index in [1.54, 1.807) is 6.07 Å². The third-order valence-electron chi connectivity index (χ3n) is 3.11. The van der Waals surface area contributed by atoms with Gasteiger partial charge in [0.1, 0.15) is 0 Å². The lowest BCUT2D eigenvalue weighted by molar-refractivity contribution is 0.483. The number of unbranched alkanes of at least 4 members (excludes halogenated alkanes) is 1. The van der Waals surface area contributed by atoms with Crippen LogP contribution in [0.2, 0.25) is 0 Å². The van der Waals surface area contributed by atoms with Crippen LogP contribution in [0.5, 0.6) is 0 Å². The van der Waals surface area contributed by atoms with Gasteiger partial charge >= 0.3 is 0 Å². The maximum Gasteiger partial charge on any atom is 0.242 e. The highest BCUT2D eigenvalue weighted by Crippen LogP contribution is 2.14. The molecule has 0 aliphatic heterocycles. The summed E-state index contributed by atoms with van der Waals surface area (Å²) in [7, 11) is -3.44. The molecule has 19 heavy (non-hydrogen) atoms. The minimum absolute atomic E-state index is 0.0196. The number of hydrogen-bond acceptors (Lipinski definition) is 3. The van der Waals surface area contributed by atoms with E-state index in [-0.39, 0.29) is 10.9 Å². The van der Waals surface area contributed by atoms with Gasteiger partial charge in [0.05, 0.1) is 4.90 Å². The topological polar surface area (TPSA) is 88.0 Å². The first-order valence-corrected chi connectivity index (χ1v) is 8.41. The summed E-state index contributed by atoms with van der Waals surface area (Å²) in [6.07, 6.45) is 6.33. The van der Waals surface area contributed by atoms with Crippen LogP contribution in [-0.4, -0.2) is 19.4 Å². The standard InChI is InChI=1S/C13H25N3O2S/c1-3-5-7-11(6-4-2)16-19(17,18)13-8-12(9-14)15-10-13/h8,10-11,15-16H,3-7,9,14H2,1-2H3. The molecule has 0 aliphatic carbocycles. The quantitative estimate of drug-likeness (QED) is 0.650. The molecule has 0 saturated carbocycles. The highest BCUT2D eigenvalue weighted by Gasteiger charge is 2.20. The molecule has 6 heteroatoms. The number of nitrogens with two attached hydrogens (primary N) is 1. The highest BCUT2D eigenvalue weighted by molar-refractivity contribution is 7.89. The van der Waals surface area contributed by atoms with Crippen LogP contribution in [0.1, 0.15) is 51.6 Å².